The Balaban J connectivity index is 2.12. The molecule has 0 radical (unpaired) electrons. The molecule has 6 heteroatoms. The van der Waals surface area contributed by atoms with Gasteiger partial charge in [-0.05, 0) is 42.8 Å². The van der Waals surface area contributed by atoms with Gasteiger partial charge in [0, 0.05) is 21.2 Å². The molecule has 2 rings (SSSR count). The zero-order chi connectivity index (χ0) is 15.4. The molecule has 21 heavy (non-hydrogen) atoms. The summed E-state index contributed by atoms with van der Waals surface area (Å²) in [6, 6.07) is 10.4. The third-order valence-corrected chi connectivity index (χ3v) is 3.77. The Morgan fingerprint density at radius 1 is 1.19 bits per heavy atom. The number of rotatable bonds is 3. The van der Waals surface area contributed by atoms with E-state index < -0.39 is 0 Å². The Hall–Kier alpha value is -1.72. The summed E-state index contributed by atoms with van der Waals surface area (Å²) >= 11 is 9.37. The lowest BCUT2D eigenvalue weighted by Gasteiger charge is -2.13. The lowest BCUT2D eigenvalue weighted by Crippen LogP contribution is -2.19. The number of benzene rings is 2. The van der Waals surface area contributed by atoms with Gasteiger partial charge in [0.1, 0.15) is 5.75 Å². The first-order valence-electron chi connectivity index (χ1n) is 6.17. The fraction of sp³-hybridized carbons (Fsp3) is 0.133. The lowest BCUT2D eigenvalue weighted by atomic mass is 10.2. The maximum atomic E-state index is 12.0. The SMILES string of the molecule is COc1cc(Cl)c(C)cc1NC(=O)Nc1ccc(Br)cc1. The van der Waals surface area contributed by atoms with Crippen molar-refractivity contribution in [3.63, 3.8) is 0 Å². The number of anilines is 2. The van der Waals surface area contributed by atoms with Gasteiger partial charge >= 0.3 is 6.03 Å². The van der Waals surface area contributed by atoms with Crippen molar-refractivity contribution < 1.29 is 9.53 Å². The Morgan fingerprint density at radius 2 is 1.86 bits per heavy atom. The van der Waals surface area contributed by atoms with Crippen molar-refractivity contribution in [2.45, 2.75) is 6.92 Å². The van der Waals surface area contributed by atoms with Crippen LogP contribution in [0.5, 0.6) is 5.75 Å². The van der Waals surface area contributed by atoms with E-state index in [4.69, 9.17) is 16.3 Å². The molecular formula is C15H14BrClN2O2. The second kappa shape index (κ2) is 6.83. The molecule has 0 saturated carbocycles. The Bertz CT molecular complexity index is 659. The van der Waals surface area contributed by atoms with Gasteiger partial charge in [-0.25, -0.2) is 4.79 Å². The summed E-state index contributed by atoms with van der Waals surface area (Å²) in [5.74, 6) is 0.511. The van der Waals surface area contributed by atoms with E-state index >= 15 is 0 Å². The fourth-order valence-electron chi connectivity index (χ4n) is 1.75. The lowest BCUT2D eigenvalue weighted by molar-refractivity contribution is 0.262. The highest BCUT2D eigenvalue weighted by Crippen LogP contribution is 2.31. The van der Waals surface area contributed by atoms with Crippen molar-refractivity contribution in [1.82, 2.24) is 0 Å². The van der Waals surface area contributed by atoms with E-state index in [9.17, 15) is 4.79 Å². The normalized spacial score (nSPS) is 10.1. The van der Waals surface area contributed by atoms with Crippen LogP contribution in [0.4, 0.5) is 16.2 Å². The molecule has 0 atom stereocenters. The number of methoxy groups -OCH3 is 1. The molecule has 0 aliphatic heterocycles. The molecule has 0 aromatic heterocycles. The van der Waals surface area contributed by atoms with Gasteiger partial charge in [-0.2, -0.15) is 0 Å². The Labute approximate surface area is 136 Å². The first-order chi connectivity index (χ1) is 9.99. The number of aryl methyl sites for hydroxylation is 1. The van der Waals surface area contributed by atoms with E-state index in [1.165, 1.54) is 7.11 Å². The van der Waals surface area contributed by atoms with Crippen molar-refractivity contribution in [2.24, 2.45) is 0 Å². The van der Waals surface area contributed by atoms with Crippen molar-refractivity contribution in [2.75, 3.05) is 17.7 Å². The highest BCUT2D eigenvalue weighted by atomic mass is 79.9. The topological polar surface area (TPSA) is 50.4 Å². The molecule has 0 fully saturated rings. The molecule has 2 N–H and O–H groups in total. The number of nitrogens with one attached hydrogen (secondary N) is 2. The van der Waals surface area contributed by atoms with Crippen molar-refractivity contribution in [3.8, 4) is 5.75 Å². The quantitative estimate of drug-likeness (QED) is 0.794. The highest BCUT2D eigenvalue weighted by molar-refractivity contribution is 9.10. The van der Waals surface area contributed by atoms with Crippen LogP contribution in [-0.4, -0.2) is 13.1 Å². The standard InChI is InChI=1S/C15H14BrClN2O2/c1-9-7-13(14(21-2)8-12(9)17)19-15(20)18-11-5-3-10(16)4-6-11/h3-8H,1-2H3,(H2,18,19,20). The average molecular weight is 370 g/mol. The maximum Gasteiger partial charge on any atom is 0.323 e. The predicted octanol–water partition coefficient (Wildman–Crippen LogP) is 5.06. The summed E-state index contributed by atoms with van der Waals surface area (Å²) < 4.78 is 6.16. The Kier molecular flexibility index (Phi) is 5.09. The molecule has 110 valence electrons. The smallest absolute Gasteiger partial charge is 0.323 e. The van der Waals surface area contributed by atoms with Crippen LogP contribution in [0, 0.1) is 6.92 Å². The van der Waals surface area contributed by atoms with E-state index in [0.717, 1.165) is 10.0 Å². The number of hydrogen-bond acceptors (Lipinski definition) is 2. The van der Waals surface area contributed by atoms with Gasteiger partial charge in [-0.3, -0.25) is 0 Å². The molecule has 0 heterocycles. The van der Waals surface area contributed by atoms with Gasteiger partial charge in [0.25, 0.3) is 0 Å². The van der Waals surface area contributed by atoms with Gasteiger partial charge in [-0.1, -0.05) is 27.5 Å². The number of amides is 2. The van der Waals surface area contributed by atoms with Crippen LogP contribution in [0.3, 0.4) is 0 Å². The van der Waals surface area contributed by atoms with E-state index in [1.807, 2.05) is 19.1 Å². The molecule has 0 saturated heterocycles. The summed E-state index contributed by atoms with van der Waals surface area (Å²) in [6.45, 7) is 1.86. The molecule has 2 aromatic carbocycles. The van der Waals surface area contributed by atoms with Crippen molar-refractivity contribution in [1.29, 1.82) is 0 Å². The molecule has 2 aromatic rings. The van der Waals surface area contributed by atoms with Gasteiger partial charge in [0.2, 0.25) is 0 Å². The summed E-state index contributed by atoms with van der Waals surface area (Å²) in [4.78, 5) is 12.0. The number of ether oxygens (including phenoxy) is 1. The molecule has 2 amide bonds. The average Bonchev–Trinajstić information content (AvgIpc) is 2.45. The molecule has 0 aliphatic rings. The predicted molar refractivity (Wildman–Crippen MR) is 89.5 cm³/mol. The molecule has 0 aliphatic carbocycles. The number of hydrogen-bond donors (Lipinski definition) is 2. The van der Waals surface area contributed by atoms with Crippen molar-refractivity contribution >= 4 is 44.9 Å². The minimum absolute atomic E-state index is 0.350. The number of carbonyl (C=O) groups excluding carboxylic acids is 1. The van der Waals surface area contributed by atoms with E-state index in [-0.39, 0.29) is 6.03 Å². The molecule has 0 spiro atoms. The third-order valence-electron chi connectivity index (χ3n) is 2.83. The van der Waals surface area contributed by atoms with Crippen LogP contribution in [0.25, 0.3) is 0 Å². The number of urea groups is 1. The van der Waals surface area contributed by atoms with Crippen molar-refractivity contribution in [3.05, 3.63) is 51.5 Å². The zero-order valence-corrected chi connectivity index (χ0v) is 13.9. The molecule has 0 bridgehead atoms. The van der Waals surface area contributed by atoms with Crippen LogP contribution >= 0.6 is 27.5 Å². The fourth-order valence-corrected chi connectivity index (χ4v) is 2.17. The van der Waals surface area contributed by atoms with Gasteiger partial charge in [0.15, 0.2) is 0 Å². The van der Waals surface area contributed by atoms with E-state index in [0.29, 0.717) is 22.1 Å². The summed E-state index contributed by atoms with van der Waals surface area (Å²) in [5, 5.41) is 6.08. The van der Waals surface area contributed by atoms with Gasteiger partial charge in [0.05, 0.1) is 12.8 Å². The van der Waals surface area contributed by atoms with Crippen LogP contribution < -0.4 is 15.4 Å². The minimum atomic E-state index is -0.350. The molecule has 0 unspecified atom stereocenters. The van der Waals surface area contributed by atoms with Gasteiger partial charge in [-0.15, -0.1) is 0 Å². The number of carbonyl (C=O) groups is 1. The zero-order valence-electron chi connectivity index (χ0n) is 11.5. The molecule has 4 nitrogen and oxygen atoms in total. The highest BCUT2D eigenvalue weighted by Gasteiger charge is 2.10. The van der Waals surface area contributed by atoms with Crippen LogP contribution in [0.15, 0.2) is 40.9 Å². The maximum absolute atomic E-state index is 12.0. The first-order valence-corrected chi connectivity index (χ1v) is 7.34. The second-order valence-electron chi connectivity index (χ2n) is 4.39. The Morgan fingerprint density at radius 3 is 2.48 bits per heavy atom. The monoisotopic (exact) mass is 368 g/mol. The van der Waals surface area contributed by atoms with Gasteiger partial charge < -0.3 is 15.4 Å². The summed E-state index contributed by atoms with van der Waals surface area (Å²) in [6.07, 6.45) is 0. The first kappa shape index (κ1) is 15.7. The second-order valence-corrected chi connectivity index (χ2v) is 5.71. The largest absolute Gasteiger partial charge is 0.495 e. The summed E-state index contributed by atoms with van der Waals surface area (Å²) in [5.41, 5.74) is 2.12. The van der Waals surface area contributed by atoms with Crippen LogP contribution in [0.2, 0.25) is 5.02 Å². The number of halogens is 2. The minimum Gasteiger partial charge on any atom is -0.495 e. The summed E-state index contributed by atoms with van der Waals surface area (Å²) in [7, 11) is 1.53. The third kappa shape index (κ3) is 4.12. The van der Waals surface area contributed by atoms with E-state index in [1.54, 1.807) is 24.3 Å². The van der Waals surface area contributed by atoms with Crippen LogP contribution in [-0.2, 0) is 0 Å². The van der Waals surface area contributed by atoms with Crippen LogP contribution in [0.1, 0.15) is 5.56 Å². The molecular weight excluding hydrogens is 356 g/mol. The van der Waals surface area contributed by atoms with E-state index in [2.05, 4.69) is 26.6 Å².